The Hall–Kier alpha value is -1.48. The van der Waals surface area contributed by atoms with Crippen molar-refractivity contribution < 1.29 is 0 Å². The Morgan fingerprint density at radius 1 is 1.42 bits per heavy atom. The zero-order valence-corrected chi connectivity index (χ0v) is 12.0. The van der Waals surface area contributed by atoms with Crippen molar-refractivity contribution in [3.8, 4) is 0 Å². The fourth-order valence-electron chi connectivity index (χ4n) is 2.22. The summed E-state index contributed by atoms with van der Waals surface area (Å²) in [4.78, 5) is 6.78. The van der Waals surface area contributed by atoms with E-state index in [9.17, 15) is 0 Å². The molecule has 0 saturated heterocycles. The van der Waals surface area contributed by atoms with Crippen LogP contribution in [0.2, 0.25) is 0 Å². The molecule has 1 aliphatic rings. The van der Waals surface area contributed by atoms with Crippen LogP contribution in [0.3, 0.4) is 0 Å². The molecule has 0 amide bonds. The molecule has 2 heterocycles. The molecule has 0 fully saturated rings. The van der Waals surface area contributed by atoms with Crippen LogP contribution in [-0.2, 0) is 6.54 Å². The van der Waals surface area contributed by atoms with Crippen LogP contribution in [-0.4, -0.2) is 32.1 Å². The molecule has 1 aromatic rings. The summed E-state index contributed by atoms with van der Waals surface area (Å²) >= 11 is 0. The van der Waals surface area contributed by atoms with Gasteiger partial charge in [-0.05, 0) is 0 Å². The van der Waals surface area contributed by atoms with Crippen molar-refractivity contribution >= 4 is 18.8 Å². The quantitative estimate of drug-likeness (QED) is 0.755. The van der Waals surface area contributed by atoms with Gasteiger partial charge in [0.05, 0.1) is 0 Å². The summed E-state index contributed by atoms with van der Waals surface area (Å²) in [5, 5.41) is 0. The second-order valence-corrected chi connectivity index (χ2v) is 5.32. The van der Waals surface area contributed by atoms with Gasteiger partial charge in [-0.2, -0.15) is 0 Å². The summed E-state index contributed by atoms with van der Waals surface area (Å²) in [5.74, 6) is 2.55. The van der Waals surface area contributed by atoms with Crippen molar-refractivity contribution in [3.63, 3.8) is 0 Å². The van der Waals surface area contributed by atoms with Gasteiger partial charge in [0.25, 0.3) is 0 Å². The first-order valence-corrected chi connectivity index (χ1v) is 6.80. The number of hydrogen-bond acceptors (Lipinski definition) is 2. The van der Waals surface area contributed by atoms with Crippen molar-refractivity contribution in [2.45, 2.75) is 19.9 Å². The Labute approximate surface area is 116 Å². The molecule has 0 N–H and O–H groups in total. The van der Waals surface area contributed by atoms with Gasteiger partial charge in [-0.25, -0.2) is 0 Å². The fraction of sp³-hybridized carbons (Fsp3) is 0.375. The van der Waals surface area contributed by atoms with Crippen LogP contribution in [0.4, 0.5) is 0 Å². The molecular formula is C16H21BN2. The van der Waals surface area contributed by atoms with Crippen LogP contribution in [0, 0.1) is 5.92 Å². The zero-order valence-electron chi connectivity index (χ0n) is 12.0. The number of nitrogens with zero attached hydrogens (tertiary/aromatic N) is 2. The Bertz CT molecular complexity index is 515. The molecule has 0 radical (unpaired) electrons. The van der Waals surface area contributed by atoms with Crippen molar-refractivity contribution in [1.82, 2.24) is 4.90 Å². The maximum absolute atomic E-state index is 4.60. The summed E-state index contributed by atoms with van der Waals surface area (Å²) in [6.07, 6.45) is 9.52. The van der Waals surface area contributed by atoms with E-state index in [4.69, 9.17) is 0 Å². The molecule has 2 rings (SSSR count). The Morgan fingerprint density at radius 2 is 2.26 bits per heavy atom. The van der Waals surface area contributed by atoms with Gasteiger partial charge in [-0.1, -0.05) is 0 Å². The second kappa shape index (κ2) is 6.62. The van der Waals surface area contributed by atoms with Crippen LogP contribution in [0.25, 0.3) is 5.70 Å². The third-order valence-corrected chi connectivity index (χ3v) is 3.05. The van der Waals surface area contributed by atoms with Crippen molar-refractivity contribution in [3.05, 3.63) is 47.3 Å². The number of allylic oxidation sites excluding steroid dienone is 3. The third-order valence-electron chi connectivity index (χ3n) is 3.05. The minimum absolute atomic E-state index is 0.435. The number of aliphatic imine (C=N–C) groups is 1. The van der Waals surface area contributed by atoms with Crippen molar-refractivity contribution in [2.75, 3.05) is 14.1 Å². The molecule has 19 heavy (non-hydrogen) atoms. The minimum atomic E-state index is 0.435. The Morgan fingerprint density at radius 3 is 3.05 bits per heavy atom. The van der Waals surface area contributed by atoms with Gasteiger partial charge in [-0.15, -0.1) is 0 Å². The summed E-state index contributed by atoms with van der Waals surface area (Å²) in [6, 6.07) is 4.40. The number of rotatable bonds is 3. The average molecular weight is 252 g/mol. The molecule has 1 aliphatic heterocycles. The van der Waals surface area contributed by atoms with E-state index in [1.165, 1.54) is 11.0 Å². The molecule has 0 bridgehead atoms. The standard InChI is InChI=1S/C16H21BN2/c1-13-6-4-5-9-18-16(10-13)15-11-14(7-8-17-15)12-19(2)3/h4,6-11,13H,5,12H2,1-3H3/b6-4?,16-10-,18-9-. The van der Waals surface area contributed by atoms with Crippen LogP contribution >= 0.6 is 0 Å². The summed E-state index contributed by atoms with van der Waals surface area (Å²) in [6.45, 7) is 5.29. The predicted octanol–water partition coefficient (Wildman–Crippen LogP) is 3.09. The average Bonchev–Trinajstić information content (AvgIpc) is 2.33. The fourth-order valence-corrected chi connectivity index (χ4v) is 2.22. The molecule has 2 nitrogen and oxygen atoms in total. The molecule has 1 aromatic heterocycles. The van der Waals surface area contributed by atoms with Crippen LogP contribution in [0.1, 0.15) is 24.4 Å². The van der Waals surface area contributed by atoms with Gasteiger partial charge >= 0.3 is 116 Å². The monoisotopic (exact) mass is 252 g/mol. The molecule has 0 spiro atoms. The first-order valence-electron chi connectivity index (χ1n) is 6.80. The van der Waals surface area contributed by atoms with Gasteiger partial charge in [0, 0.05) is 0 Å². The van der Waals surface area contributed by atoms with E-state index in [2.05, 4.69) is 74.1 Å². The van der Waals surface area contributed by atoms with Gasteiger partial charge < -0.3 is 0 Å². The zero-order chi connectivity index (χ0) is 13.7. The molecule has 1 atom stereocenters. The van der Waals surface area contributed by atoms with E-state index in [1.807, 2.05) is 6.21 Å². The SMILES string of the molecule is CC1C=CC/C=N\C(c2bccc(CN(C)C)c2)=C/1. The van der Waals surface area contributed by atoms with Crippen LogP contribution in [0.5, 0.6) is 0 Å². The van der Waals surface area contributed by atoms with E-state index in [1.54, 1.807) is 0 Å². The van der Waals surface area contributed by atoms with Gasteiger partial charge in [0.1, 0.15) is 0 Å². The summed E-state index contributed by atoms with van der Waals surface area (Å²) in [7, 11) is 4.18. The van der Waals surface area contributed by atoms with E-state index in [0.29, 0.717) is 5.92 Å². The van der Waals surface area contributed by atoms with E-state index < -0.39 is 0 Å². The Balaban J connectivity index is 2.29. The maximum atomic E-state index is 4.60. The van der Waals surface area contributed by atoms with Gasteiger partial charge in [0.2, 0.25) is 0 Å². The topological polar surface area (TPSA) is 15.6 Å². The number of hydrogen-bond donors (Lipinski definition) is 0. The molecule has 98 valence electrons. The second-order valence-electron chi connectivity index (χ2n) is 5.32. The molecule has 3 heteroatoms. The first kappa shape index (κ1) is 13.9. The molecule has 0 aromatic carbocycles. The predicted molar refractivity (Wildman–Crippen MR) is 84.6 cm³/mol. The van der Waals surface area contributed by atoms with E-state index in [-0.39, 0.29) is 0 Å². The van der Waals surface area contributed by atoms with Gasteiger partial charge in [0.15, 0.2) is 0 Å². The van der Waals surface area contributed by atoms with Gasteiger partial charge in [-0.3, -0.25) is 0 Å². The Kier molecular flexibility index (Phi) is 4.86. The third kappa shape index (κ3) is 4.28. The normalized spacial score (nSPS) is 23.4. The molecule has 0 saturated carbocycles. The first-order chi connectivity index (χ1) is 9.15. The summed E-state index contributed by atoms with van der Waals surface area (Å²) < 4.78 is 0. The van der Waals surface area contributed by atoms with Crippen LogP contribution < -0.4 is 0 Å². The van der Waals surface area contributed by atoms with Crippen LogP contribution in [0.15, 0.2) is 41.3 Å². The van der Waals surface area contributed by atoms with Crippen molar-refractivity contribution in [1.29, 1.82) is 0 Å². The van der Waals surface area contributed by atoms with Crippen molar-refractivity contribution in [2.24, 2.45) is 10.9 Å². The van der Waals surface area contributed by atoms with E-state index >= 15 is 0 Å². The molecule has 1 unspecified atom stereocenters. The summed E-state index contributed by atoms with van der Waals surface area (Å²) in [5.41, 5.74) is 3.61. The van der Waals surface area contributed by atoms with E-state index in [0.717, 1.165) is 18.7 Å². The molecule has 0 aliphatic carbocycles. The molecular weight excluding hydrogens is 231 g/mol.